The van der Waals surface area contributed by atoms with Crippen molar-refractivity contribution in [1.82, 2.24) is 10.6 Å². The zero-order valence-corrected chi connectivity index (χ0v) is 21.2. The third-order valence-electron chi connectivity index (χ3n) is 4.70. The number of amides is 1. The van der Waals surface area contributed by atoms with Crippen LogP contribution in [0.25, 0.3) is 0 Å². The number of rotatable bonds is 10. The van der Waals surface area contributed by atoms with Gasteiger partial charge in [-0.2, -0.15) is 0 Å². The van der Waals surface area contributed by atoms with E-state index in [2.05, 4.69) is 10.6 Å². The molecule has 2 aromatic carbocycles. The maximum Gasteiger partial charge on any atom is 0.408 e. The molecule has 0 radical (unpaired) electrons. The average Bonchev–Trinajstić information content (AvgIpc) is 2.81. The summed E-state index contributed by atoms with van der Waals surface area (Å²) >= 11 is 5.49. The van der Waals surface area contributed by atoms with Gasteiger partial charge in [0.1, 0.15) is 18.2 Å². The number of alkyl carbamates (subject to hydrolysis) is 1. The number of nitrogens with one attached hydrogen (secondary N) is 2. The topological polar surface area (TPSA) is 103 Å². The van der Waals surface area contributed by atoms with Crippen molar-refractivity contribution in [3.8, 4) is 0 Å². The first-order valence-electron chi connectivity index (χ1n) is 11.2. The van der Waals surface area contributed by atoms with Crippen molar-refractivity contribution in [2.45, 2.75) is 57.9 Å². The van der Waals surface area contributed by atoms with E-state index >= 15 is 0 Å². The molecule has 188 valence electrons. The van der Waals surface area contributed by atoms with Crippen LogP contribution in [0.5, 0.6) is 0 Å². The molecule has 0 heterocycles. The number of benzene rings is 2. The second-order valence-electron chi connectivity index (χ2n) is 8.82. The number of carbonyl (C=O) groups is 3. The SMILES string of the molecule is COC(=O)[C@H](Cc1ccccc1)NC(=S)[C@H](CC(=O)OC(C)(C)C)NC(=O)OCc1ccccc1. The Bertz CT molecular complexity index is 992. The summed E-state index contributed by atoms with van der Waals surface area (Å²) in [7, 11) is 1.28. The molecule has 0 saturated heterocycles. The molecule has 0 aliphatic heterocycles. The largest absolute Gasteiger partial charge is 0.467 e. The van der Waals surface area contributed by atoms with Gasteiger partial charge in [0.15, 0.2) is 0 Å². The van der Waals surface area contributed by atoms with Gasteiger partial charge in [-0.15, -0.1) is 0 Å². The third-order valence-corrected chi connectivity index (χ3v) is 5.10. The van der Waals surface area contributed by atoms with Gasteiger partial charge < -0.3 is 24.8 Å². The summed E-state index contributed by atoms with van der Waals surface area (Å²) in [6.07, 6.45) is -0.710. The molecule has 2 aromatic rings. The second kappa shape index (κ2) is 13.4. The van der Waals surface area contributed by atoms with Crippen LogP contribution in [0.1, 0.15) is 38.3 Å². The van der Waals surface area contributed by atoms with Crippen LogP contribution in [-0.2, 0) is 36.8 Å². The van der Waals surface area contributed by atoms with E-state index in [9.17, 15) is 14.4 Å². The van der Waals surface area contributed by atoms with E-state index in [4.69, 9.17) is 26.4 Å². The summed E-state index contributed by atoms with van der Waals surface area (Å²) in [5.74, 6) is -1.09. The Morgan fingerprint density at radius 1 is 0.886 bits per heavy atom. The summed E-state index contributed by atoms with van der Waals surface area (Å²) in [5, 5.41) is 5.55. The number of thiocarbonyl (C=S) groups is 1. The van der Waals surface area contributed by atoms with Gasteiger partial charge in [0.25, 0.3) is 0 Å². The first kappa shape index (κ1) is 27.8. The quantitative estimate of drug-likeness (QED) is 0.289. The molecule has 0 aromatic heterocycles. The molecule has 0 fully saturated rings. The predicted octanol–water partition coefficient (Wildman–Crippen LogP) is 3.71. The molecule has 0 unspecified atom stereocenters. The molecular formula is C26H32N2O6S. The highest BCUT2D eigenvalue weighted by Gasteiger charge is 2.29. The average molecular weight is 501 g/mol. The first-order chi connectivity index (χ1) is 16.6. The van der Waals surface area contributed by atoms with Gasteiger partial charge in [0.2, 0.25) is 0 Å². The standard InChI is InChI=1S/C26H32N2O6S/c1-26(2,3)34-22(29)16-20(28-25(31)33-17-19-13-9-6-10-14-19)23(35)27-21(24(30)32-4)15-18-11-7-5-8-12-18/h5-14,20-21H,15-17H2,1-4H3,(H,27,35)(H,28,31)/t20-,21-/m0/s1. The number of methoxy groups -OCH3 is 1. The van der Waals surface area contributed by atoms with Crippen LogP contribution < -0.4 is 10.6 Å². The zero-order chi connectivity index (χ0) is 25.8. The molecule has 9 heteroatoms. The summed E-state index contributed by atoms with van der Waals surface area (Å²) in [6, 6.07) is 16.7. The minimum atomic E-state index is -0.967. The van der Waals surface area contributed by atoms with Crippen molar-refractivity contribution < 1.29 is 28.6 Å². The fourth-order valence-electron chi connectivity index (χ4n) is 3.12. The number of ether oxygens (including phenoxy) is 3. The molecular weight excluding hydrogens is 468 g/mol. The Kier molecular flexibility index (Phi) is 10.7. The lowest BCUT2D eigenvalue weighted by Crippen LogP contribution is -2.52. The lowest BCUT2D eigenvalue weighted by atomic mass is 10.1. The highest BCUT2D eigenvalue weighted by molar-refractivity contribution is 7.80. The molecule has 2 atom stereocenters. The highest BCUT2D eigenvalue weighted by atomic mass is 32.1. The van der Waals surface area contributed by atoms with Crippen LogP contribution in [0.2, 0.25) is 0 Å². The van der Waals surface area contributed by atoms with Crippen LogP contribution >= 0.6 is 12.2 Å². The van der Waals surface area contributed by atoms with Gasteiger partial charge >= 0.3 is 18.0 Å². The predicted molar refractivity (Wildman–Crippen MR) is 136 cm³/mol. The highest BCUT2D eigenvalue weighted by Crippen LogP contribution is 2.11. The summed E-state index contributed by atoms with van der Waals surface area (Å²) in [5.41, 5.74) is 0.976. The molecule has 1 amide bonds. The molecule has 0 spiro atoms. The lowest BCUT2D eigenvalue weighted by molar-refractivity contribution is -0.155. The van der Waals surface area contributed by atoms with Gasteiger partial charge in [-0.25, -0.2) is 9.59 Å². The van der Waals surface area contributed by atoms with Crippen LogP contribution in [0.4, 0.5) is 4.79 Å². The lowest BCUT2D eigenvalue weighted by Gasteiger charge is -2.26. The van der Waals surface area contributed by atoms with Crippen molar-refractivity contribution in [3.63, 3.8) is 0 Å². The minimum Gasteiger partial charge on any atom is -0.467 e. The van der Waals surface area contributed by atoms with E-state index in [0.717, 1.165) is 11.1 Å². The summed E-state index contributed by atoms with van der Waals surface area (Å²) < 4.78 is 15.6. The van der Waals surface area contributed by atoms with Gasteiger partial charge in [-0.3, -0.25) is 4.79 Å². The fraction of sp³-hybridized carbons (Fsp3) is 0.385. The van der Waals surface area contributed by atoms with Crippen molar-refractivity contribution >= 4 is 35.2 Å². The fourth-order valence-corrected chi connectivity index (χ4v) is 3.41. The molecule has 2 N–H and O–H groups in total. The Morgan fingerprint density at radius 2 is 1.46 bits per heavy atom. The molecule has 0 saturated carbocycles. The van der Waals surface area contributed by atoms with E-state index < -0.39 is 35.7 Å². The molecule has 0 aliphatic carbocycles. The number of esters is 2. The number of carbonyl (C=O) groups excluding carboxylic acids is 3. The van der Waals surface area contributed by atoms with E-state index in [1.54, 1.807) is 20.8 Å². The minimum absolute atomic E-state index is 0.0464. The van der Waals surface area contributed by atoms with Crippen molar-refractivity contribution in [1.29, 1.82) is 0 Å². The van der Waals surface area contributed by atoms with Crippen molar-refractivity contribution in [2.24, 2.45) is 0 Å². The second-order valence-corrected chi connectivity index (χ2v) is 9.26. The summed E-state index contributed by atoms with van der Waals surface area (Å²) in [4.78, 5) is 37.5. The molecule has 0 aliphatic rings. The molecule has 0 bridgehead atoms. The normalized spacial score (nSPS) is 12.6. The van der Waals surface area contributed by atoms with E-state index in [-0.39, 0.29) is 18.0 Å². The van der Waals surface area contributed by atoms with E-state index in [1.807, 2.05) is 60.7 Å². The van der Waals surface area contributed by atoms with Crippen molar-refractivity contribution in [2.75, 3.05) is 7.11 Å². The van der Waals surface area contributed by atoms with Gasteiger partial charge in [-0.05, 0) is 31.9 Å². The van der Waals surface area contributed by atoms with Crippen LogP contribution in [0.15, 0.2) is 60.7 Å². The maximum atomic E-state index is 12.5. The Balaban J connectivity index is 2.12. The maximum absolute atomic E-state index is 12.5. The Labute approximate surface area is 211 Å². The van der Waals surface area contributed by atoms with Crippen LogP contribution in [0, 0.1) is 0 Å². The smallest absolute Gasteiger partial charge is 0.408 e. The van der Waals surface area contributed by atoms with Gasteiger partial charge in [0.05, 0.1) is 24.6 Å². The van der Waals surface area contributed by atoms with Gasteiger partial charge in [-0.1, -0.05) is 72.9 Å². The van der Waals surface area contributed by atoms with Crippen LogP contribution in [-0.4, -0.2) is 47.8 Å². The van der Waals surface area contributed by atoms with Crippen molar-refractivity contribution in [3.05, 3.63) is 71.8 Å². The van der Waals surface area contributed by atoms with E-state index in [1.165, 1.54) is 7.11 Å². The van der Waals surface area contributed by atoms with E-state index in [0.29, 0.717) is 6.42 Å². The Hall–Kier alpha value is -3.46. The number of hydrogen-bond acceptors (Lipinski definition) is 7. The zero-order valence-electron chi connectivity index (χ0n) is 20.4. The first-order valence-corrected chi connectivity index (χ1v) is 11.6. The molecule has 8 nitrogen and oxygen atoms in total. The number of hydrogen-bond donors (Lipinski definition) is 2. The molecule has 35 heavy (non-hydrogen) atoms. The summed E-state index contributed by atoms with van der Waals surface area (Å²) in [6.45, 7) is 5.27. The van der Waals surface area contributed by atoms with Crippen LogP contribution in [0.3, 0.4) is 0 Å². The molecule has 2 rings (SSSR count). The monoisotopic (exact) mass is 500 g/mol. The third kappa shape index (κ3) is 10.6. The Morgan fingerprint density at radius 3 is 2.00 bits per heavy atom. The van der Waals surface area contributed by atoms with Gasteiger partial charge in [0, 0.05) is 6.42 Å².